The Bertz CT molecular complexity index is 940. The van der Waals surface area contributed by atoms with Crippen LogP contribution < -0.4 is 0 Å². The fraction of sp³-hybridized carbons (Fsp3) is 0.939. The van der Waals surface area contributed by atoms with E-state index in [9.17, 15) is 14.3 Å². The molecule has 2 unspecified atom stereocenters. The lowest BCUT2D eigenvalue weighted by Crippen LogP contribution is -2.37. The van der Waals surface area contributed by atoms with E-state index in [1.54, 1.807) is 0 Å². The Morgan fingerprint density at radius 3 is 1.31 bits per heavy atom. The van der Waals surface area contributed by atoms with Gasteiger partial charge >= 0.3 is 13.8 Å². The molecule has 0 aromatic carbocycles. The Labute approximate surface area is 360 Å². The van der Waals surface area contributed by atoms with Crippen LogP contribution in [0.25, 0.3) is 0 Å². The number of esters is 1. The molecule has 8 nitrogen and oxygen atoms in total. The van der Waals surface area contributed by atoms with E-state index >= 15 is 0 Å². The van der Waals surface area contributed by atoms with Crippen LogP contribution >= 0.6 is 7.82 Å². The van der Waals surface area contributed by atoms with E-state index in [0.717, 1.165) is 32.1 Å². The Hall–Kier alpha value is -0.760. The summed E-state index contributed by atoms with van der Waals surface area (Å²) in [5.74, 6) is -0.309. The normalized spacial score (nSPS) is 13.7. The quantitative estimate of drug-likeness (QED) is 0.0214. The summed E-state index contributed by atoms with van der Waals surface area (Å²) in [6.07, 6.45) is 48.2. The van der Waals surface area contributed by atoms with Crippen molar-refractivity contribution >= 4 is 13.8 Å². The maximum absolute atomic E-state index is 12.7. The molecule has 2 atom stereocenters. The van der Waals surface area contributed by atoms with Crippen LogP contribution in [0, 0.1) is 0 Å². The molecule has 9 heteroatoms. The molecule has 0 bridgehead atoms. The van der Waals surface area contributed by atoms with Crippen molar-refractivity contribution in [3.05, 3.63) is 12.2 Å². The average Bonchev–Trinajstić information content (AvgIpc) is 3.18. The second-order valence-corrected chi connectivity index (χ2v) is 19.7. The zero-order valence-electron chi connectivity index (χ0n) is 39.3. The summed E-state index contributed by atoms with van der Waals surface area (Å²) >= 11 is 0. The Kier molecular flexibility index (Phi) is 42.3. The highest BCUT2D eigenvalue weighted by Crippen LogP contribution is 2.43. The number of carbonyl (C=O) groups is 1. The van der Waals surface area contributed by atoms with E-state index in [1.165, 1.54) is 186 Å². The minimum atomic E-state index is -4.27. The monoisotopic (exact) mass is 845 g/mol. The van der Waals surface area contributed by atoms with Gasteiger partial charge in [-0.15, -0.1) is 0 Å². The van der Waals surface area contributed by atoms with Gasteiger partial charge in [0.2, 0.25) is 0 Å². The number of carbonyl (C=O) groups excluding carboxylic acids is 1. The molecule has 0 aliphatic carbocycles. The predicted octanol–water partition coefficient (Wildman–Crippen LogP) is 15.0. The first-order valence-corrected chi connectivity index (χ1v) is 26.4. The van der Waals surface area contributed by atoms with E-state index in [4.69, 9.17) is 18.5 Å². The summed E-state index contributed by atoms with van der Waals surface area (Å²) in [7, 11) is 1.68. The number of hydrogen-bond donors (Lipinski definition) is 1. The van der Waals surface area contributed by atoms with Gasteiger partial charge in [-0.1, -0.05) is 206 Å². The third kappa shape index (κ3) is 46.3. The third-order valence-corrected chi connectivity index (χ3v) is 12.1. The number of ether oxygens (including phenoxy) is 2. The molecule has 0 saturated carbocycles. The highest BCUT2D eigenvalue weighted by molar-refractivity contribution is 7.47. The van der Waals surface area contributed by atoms with Crippen molar-refractivity contribution in [3.63, 3.8) is 0 Å². The SMILES string of the molecule is CCCCCCCCC/C=C\CCCCCCCCCCOCC(COP(=O)(O)OCC[N+](C)(C)C)OC(=O)CCCCCCCCCCCCCCCCCCC. The van der Waals surface area contributed by atoms with Gasteiger partial charge in [0.05, 0.1) is 34.4 Å². The topological polar surface area (TPSA) is 91.3 Å². The van der Waals surface area contributed by atoms with Gasteiger partial charge in [0.1, 0.15) is 19.3 Å². The van der Waals surface area contributed by atoms with E-state index in [1.807, 2.05) is 21.1 Å². The maximum atomic E-state index is 12.7. The fourth-order valence-electron chi connectivity index (χ4n) is 7.20. The molecule has 346 valence electrons. The van der Waals surface area contributed by atoms with Gasteiger partial charge in [-0.2, -0.15) is 0 Å². The van der Waals surface area contributed by atoms with Crippen LogP contribution in [0.15, 0.2) is 12.2 Å². The van der Waals surface area contributed by atoms with Gasteiger partial charge in [0.25, 0.3) is 0 Å². The summed E-state index contributed by atoms with van der Waals surface area (Å²) in [5.41, 5.74) is 0. The molecule has 0 aromatic heterocycles. The second kappa shape index (κ2) is 42.9. The smallest absolute Gasteiger partial charge is 0.457 e. The fourth-order valence-corrected chi connectivity index (χ4v) is 7.94. The first-order valence-electron chi connectivity index (χ1n) is 24.9. The summed E-state index contributed by atoms with van der Waals surface area (Å²) in [6, 6.07) is 0. The van der Waals surface area contributed by atoms with E-state index in [2.05, 4.69) is 26.0 Å². The average molecular weight is 845 g/mol. The van der Waals surface area contributed by atoms with Gasteiger partial charge < -0.3 is 18.9 Å². The van der Waals surface area contributed by atoms with Crippen LogP contribution in [-0.2, 0) is 27.9 Å². The molecule has 0 aliphatic rings. The highest BCUT2D eigenvalue weighted by Gasteiger charge is 2.26. The van der Waals surface area contributed by atoms with Crippen molar-refractivity contribution in [2.75, 3.05) is 54.1 Å². The Morgan fingerprint density at radius 2 is 0.897 bits per heavy atom. The number of hydrogen-bond acceptors (Lipinski definition) is 6. The molecule has 0 rings (SSSR count). The lowest BCUT2D eigenvalue weighted by Gasteiger charge is -2.24. The number of unbranched alkanes of at least 4 members (excludes halogenated alkanes) is 31. The summed E-state index contributed by atoms with van der Waals surface area (Å²) in [5, 5.41) is 0. The van der Waals surface area contributed by atoms with Gasteiger partial charge in [0.15, 0.2) is 0 Å². The molecule has 0 amide bonds. The molecule has 0 aromatic rings. The zero-order chi connectivity index (χ0) is 42.7. The highest BCUT2D eigenvalue weighted by atomic mass is 31.2. The van der Waals surface area contributed by atoms with Crippen molar-refractivity contribution in [3.8, 4) is 0 Å². The van der Waals surface area contributed by atoms with Crippen LogP contribution in [0.5, 0.6) is 0 Å². The number of phosphoric ester groups is 1. The van der Waals surface area contributed by atoms with Gasteiger partial charge in [-0.3, -0.25) is 13.8 Å². The predicted molar refractivity (Wildman–Crippen MR) is 247 cm³/mol. The Balaban J connectivity index is 4.13. The summed E-state index contributed by atoms with van der Waals surface area (Å²) in [6.45, 7) is 5.67. The molecule has 1 N–H and O–H groups in total. The minimum Gasteiger partial charge on any atom is -0.457 e. The number of rotatable bonds is 47. The molecular formula is C49H99NO7P+. The van der Waals surface area contributed by atoms with Crippen molar-refractivity contribution in [1.82, 2.24) is 0 Å². The van der Waals surface area contributed by atoms with Crippen molar-refractivity contribution in [1.29, 1.82) is 0 Å². The standard InChI is InChI=1S/C49H98NO7P/c1-6-8-10-12-14-16-18-20-22-24-25-27-29-31-33-35-37-39-41-44-54-46-48(47-56-58(52,53)55-45-43-50(3,4)5)57-49(51)42-40-38-36-34-32-30-28-26-23-21-19-17-15-13-11-9-7-2/h22,24,48H,6-21,23,25-47H2,1-5H3/p+1/b24-22-. The summed E-state index contributed by atoms with van der Waals surface area (Å²) < 4.78 is 35.1. The van der Waals surface area contributed by atoms with Gasteiger partial charge in [-0.25, -0.2) is 4.57 Å². The second-order valence-electron chi connectivity index (χ2n) is 18.2. The first-order chi connectivity index (χ1) is 28.1. The number of allylic oxidation sites excluding steroid dienone is 2. The Morgan fingerprint density at radius 1 is 0.517 bits per heavy atom. The van der Waals surface area contributed by atoms with E-state index in [0.29, 0.717) is 24.1 Å². The largest absolute Gasteiger partial charge is 0.472 e. The molecule has 0 fully saturated rings. The molecule has 58 heavy (non-hydrogen) atoms. The van der Waals surface area contributed by atoms with Crippen LogP contribution in [-0.4, -0.2) is 75.6 Å². The van der Waals surface area contributed by atoms with Gasteiger partial charge in [-0.05, 0) is 38.5 Å². The van der Waals surface area contributed by atoms with Crippen LogP contribution in [0.2, 0.25) is 0 Å². The molecule has 0 saturated heterocycles. The first kappa shape index (κ1) is 57.2. The molecule has 0 aliphatic heterocycles. The lowest BCUT2D eigenvalue weighted by molar-refractivity contribution is -0.870. The van der Waals surface area contributed by atoms with Crippen molar-refractivity contribution in [2.45, 2.75) is 245 Å². The van der Waals surface area contributed by atoms with Crippen LogP contribution in [0.1, 0.15) is 239 Å². The number of quaternary nitrogens is 1. The maximum Gasteiger partial charge on any atom is 0.472 e. The minimum absolute atomic E-state index is 0.0916. The van der Waals surface area contributed by atoms with Gasteiger partial charge in [0, 0.05) is 13.0 Å². The number of likely N-dealkylation sites (N-methyl/N-ethyl adjacent to an activating group) is 1. The summed E-state index contributed by atoms with van der Waals surface area (Å²) in [4.78, 5) is 23.0. The molecule has 0 spiro atoms. The lowest BCUT2D eigenvalue weighted by atomic mass is 10.0. The van der Waals surface area contributed by atoms with Crippen molar-refractivity contribution in [2.24, 2.45) is 0 Å². The third-order valence-electron chi connectivity index (χ3n) is 11.1. The zero-order valence-corrected chi connectivity index (χ0v) is 40.2. The van der Waals surface area contributed by atoms with E-state index < -0.39 is 13.9 Å². The number of nitrogens with zero attached hydrogens (tertiary/aromatic N) is 1. The molecule has 0 radical (unpaired) electrons. The van der Waals surface area contributed by atoms with E-state index in [-0.39, 0.29) is 25.8 Å². The van der Waals surface area contributed by atoms with Crippen LogP contribution in [0.4, 0.5) is 0 Å². The van der Waals surface area contributed by atoms with Crippen molar-refractivity contribution < 1.29 is 37.3 Å². The number of phosphoric acid groups is 1. The van der Waals surface area contributed by atoms with Crippen LogP contribution in [0.3, 0.4) is 0 Å². The molecule has 0 heterocycles. The molecular weight excluding hydrogens is 746 g/mol.